The number of methoxy groups -OCH3 is 1. The highest BCUT2D eigenvalue weighted by Crippen LogP contribution is 2.31. The molecule has 1 aliphatic rings. The SMILES string of the molecule is COC(=O)CC(=O)C1(C)CCOCC1. The number of esters is 1. The minimum Gasteiger partial charge on any atom is -0.469 e. The van der Waals surface area contributed by atoms with Crippen molar-refractivity contribution in [2.24, 2.45) is 5.41 Å². The van der Waals surface area contributed by atoms with E-state index in [4.69, 9.17) is 4.74 Å². The van der Waals surface area contributed by atoms with Gasteiger partial charge in [-0.2, -0.15) is 0 Å². The smallest absolute Gasteiger partial charge is 0.313 e. The van der Waals surface area contributed by atoms with Crippen LogP contribution < -0.4 is 0 Å². The van der Waals surface area contributed by atoms with E-state index in [1.54, 1.807) is 0 Å². The van der Waals surface area contributed by atoms with Crippen molar-refractivity contribution in [1.29, 1.82) is 0 Å². The molecule has 0 N–H and O–H groups in total. The number of carbonyl (C=O) groups is 2. The normalized spacial score (nSPS) is 20.1. The summed E-state index contributed by atoms with van der Waals surface area (Å²) in [6, 6.07) is 0. The molecule has 80 valence electrons. The Morgan fingerprint density at radius 3 is 2.43 bits per heavy atom. The largest absolute Gasteiger partial charge is 0.469 e. The van der Waals surface area contributed by atoms with Gasteiger partial charge in [0.15, 0.2) is 0 Å². The molecule has 14 heavy (non-hydrogen) atoms. The molecule has 0 aromatic carbocycles. The number of hydrogen-bond acceptors (Lipinski definition) is 4. The number of Topliss-reactive ketones (excluding diaryl/α,β-unsaturated/α-hetero) is 1. The third-order valence-corrected chi connectivity index (χ3v) is 2.80. The maximum atomic E-state index is 11.7. The second-order valence-electron chi connectivity index (χ2n) is 3.85. The van der Waals surface area contributed by atoms with Crippen molar-refractivity contribution in [1.82, 2.24) is 0 Å². The van der Waals surface area contributed by atoms with Crippen LogP contribution in [0.2, 0.25) is 0 Å². The Labute approximate surface area is 83.6 Å². The van der Waals surface area contributed by atoms with Crippen molar-refractivity contribution in [3.05, 3.63) is 0 Å². The molecule has 0 radical (unpaired) electrons. The van der Waals surface area contributed by atoms with Crippen LogP contribution in [0.3, 0.4) is 0 Å². The molecule has 0 atom stereocenters. The first kappa shape index (κ1) is 11.2. The van der Waals surface area contributed by atoms with E-state index in [2.05, 4.69) is 4.74 Å². The molecule has 0 unspecified atom stereocenters. The van der Waals surface area contributed by atoms with E-state index in [-0.39, 0.29) is 12.2 Å². The Kier molecular flexibility index (Phi) is 3.63. The van der Waals surface area contributed by atoms with Crippen LogP contribution in [0.4, 0.5) is 0 Å². The lowest BCUT2D eigenvalue weighted by Crippen LogP contribution is -2.35. The van der Waals surface area contributed by atoms with Gasteiger partial charge in [-0.3, -0.25) is 9.59 Å². The molecule has 1 rings (SSSR count). The van der Waals surface area contributed by atoms with E-state index in [9.17, 15) is 9.59 Å². The summed E-state index contributed by atoms with van der Waals surface area (Å²) < 4.78 is 9.64. The van der Waals surface area contributed by atoms with E-state index in [1.165, 1.54) is 7.11 Å². The fourth-order valence-corrected chi connectivity index (χ4v) is 1.52. The summed E-state index contributed by atoms with van der Waals surface area (Å²) in [7, 11) is 1.29. The van der Waals surface area contributed by atoms with Crippen LogP contribution in [0, 0.1) is 5.41 Å². The molecule has 1 aliphatic heterocycles. The average molecular weight is 200 g/mol. The van der Waals surface area contributed by atoms with Crippen LogP contribution in [0.1, 0.15) is 26.2 Å². The maximum absolute atomic E-state index is 11.7. The van der Waals surface area contributed by atoms with Crippen molar-refractivity contribution in [3.63, 3.8) is 0 Å². The quantitative estimate of drug-likeness (QED) is 0.502. The summed E-state index contributed by atoms with van der Waals surface area (Å²) in [6.07, 6.45) is 1.28. The highest BCUT2D eigenvalue weighted by Gasteiger charge is 2.35. The first-order valence-corrected chi connectivity index (χ1v) is 4.76. The Morgan fingerprint density at radius 2 is 1.93 bits per heavy atom. The highest BCUT2D eigenvalue weighted by atomic mass is 16.5. The predicted octanol–water partition coefficient (Wildman–Crippen LogP) is 0.935. The topological polar surface area (TPSA) is 52.6 Å². The zero-order chi connectivity index (χ0) is 10.6. The average Bonchev–Trinajstić information content (AvgIpc) is 2.18. The fraction of sp³-hybridized carbons (Fsp3) is 0.800. The van der Waals surface area contributed by atoms with Crippen molar-refractivity contribution in [3.8, 4) is 0 Å². The van der Waals surface area contributed by atoms with Crippen LogP contribution >= 0.6 is 0 Å². The van der Waals surface area contributed by atoms with Crippen LogP contribution in [0.25, 0.3) is 0 Å². The van der Waals surface area contributed by atoms with E-state index in [1.807, 2.05) is 6.92 Å². The van der Waals surface area contributed by atoms with Crippen molar-refractivity contribution >= 4 is 11.8 Å². The van der Waals surface area contributed by atoms with Gasteiger partial charge in [0.25, 0.3) is 0 Å². The van der Waals surface area contributed by atoms with Crippen LogP contribution in [-0.2, 0) is 19.1 Å². The first-order valence-electron chi connectivity index (χ1n) is 4.76. The molecule has 0 spiro atoms. The molecular formula is C10H16O4. The minimum atomic E-state index is -0.456. The van der Waals surface area contributed by atoms with E-state index in [0.29, 0.717) is 26.1 Å². The molecule has 4 heteroatoms. The summed E-state index contributed by atoms with van der Waals surface area (Å²) in [5.74, 6) is -0.490. The standard InChI is InChI=1S/C10H16O4/c1-10(3-5-14-6-4-10)8(11)7-9(12)13-2/h3-7H2,1-2H3. The maximum Gasteiger partial charge on any atom is 0.313 e. The second kappa shape index (κ2) is 4.55. The molecule has 0 amide bonds. The van der Waals surface area contributed by atoms with Crippen LogP contribution in [0.5, 0.6) is 0 Å². The van der Waals surface area contributed by atoms with Gasteiger partial charge in [-0.05, 0) is 12.8 Å². The Hall–Kier alpha value is -0.900. The zero-order valence-electron chi connectivity index (χ0n) is 8.67. The van der Waals surface area contributed by atoms with E-state index in [0.717, 1.165) is 0 Å². The molecule has 0 aromatic heterocycles. The van der Waals surface area contributed by atoms with E-state index < -0.39 is 11.4 Å². The minimum absolute atomic E-state index is 0.0346. The summed E-state index contributed by atoms with van der Waals surface area (Å²) >= 11 is 0. The molecule has 1 heterocycles. The second-order valence-corrected chi connectivity index (χ2v) is 3.85. The van der Waals surface area contributed by atoms with Gasteiger partial charge in [0.1, 0.15) is 12.2 Å². The van der Waals surface area contributed by atoms with Gasteiger partial charge in [0, 0.05) is 18.6 Å². The molecule has 4 nitrogen and oxygen atoms in total. The zero-order valence-corrected chi connectivity index (χ0v) is 8.67. The molecule has 0 bridgehead atoms. The van der Waals surface area contributed by atoms with Crippen molar-refractivity contribution in [2.75, 3.05) is 20.3 Å². The number of carbonyl (C=O) groups excluding carboxylic acids is 2. The molecule has 1 fully saturated rings. The summed E-state index contributed by atoms with van der Waals surface area (Å²) in [5.41, 5.74) is -0.396. The molecule has 0 aliphatic carbocycles. The number of ether oxygens (including phenoxy) is 2. The summed E-state index contributed by atoms with van der Waals surface area (Å²) in [4.78, 5) is 22.7. The molecule has 1 saturated heterocycles. The summed E-state index contributed by atoms with van der Waals surface area (Å²) in [6.45, 7) is 3.09. The van der Waals surface area contributed by atoms with Gasteiger partial charge in [0.2, 0.25) is 0 Å². The third kappa shape index (κ3) is 2.54. The molecule has 0 aromatic rings. The van der Waals surface area contributed by atoms with Gasteiger partial charge >= 0.3 is 5.97 Å². The fourth-order valence-electron chi connectivity index (χ4n) is 1.52. The molecular weight excluding hydrogens is 184 g/mol. The third-order valence-electron chi connectivity index (χ3n) is 2.80. The number of rotatable bonds is 3. The first-order chi connectivity index (χ1) is 6.58. The lowest BCUT2D eigenvalue weighted by molar-refractivity contribution is -0.147. The molecule has 0 saturated carbocycles. The van der Waals surface area contributed by atoms with Crippen LogP contribution in [0.15, 0.2) is 0 Å². The Bertz CT molecular complexity index is 228. The monoisotopic (exact) mass is 200 g/mol. The van der Waals surface area contributed by atoms with Gasteiger partial charge in [-0.15, -0.1) is 0 Å². The predicted molar refractivity (Wildman–Crippen MR) is 49.8 cm³/mol. The lowest BCUT2D eigenvalue weighted by atomic mass is 9.77. The van der Waals surface area contributed by atoms with Crippen molar-refractivity contribution in [2.45, 2.75) is 26.2 Å². The van der Waals surface area contributed by atoms with Gasteiger partial charge in [-0.1, -0.05) is 6.92 Å². The number of ketones is 1. The summed E-state index contributed by atoms with van der Waals surface area (Å²) in [5, 5.41) is 0. The highest BCUT2D eigenvalue weighted by molar-refractivity contribution is 5.98. The van der Waals surface area contributed by atoms with Gasteiger partial charge < -0.3 is 9.47 Å². The number of hydrogen-bond donors (Lipinski definition) is 0. The van der Waals surface area contributed by atoms with Gasteiger partial charge in [-0.25, -0.2) is 0 Å². The van der Waals surface area contributed by atoms with E-state index >= 15 is 0 Å². The van der Waals surface area contributed by atoms with Gasteiger partial charge in [0.05, 0.1) is 7.11 Å². The Morgan fingerprint density at radius 1 is 1.36 bits per heavy atom. The van der Waals surface area contributed by atoms with Crippen LogP contribution in [-0.4, -0.2) is 32.1 Å². The Balaban J connectivity index is 2.53. The lowest BCUT2D eigenvalue weighted by Gasteiger charge is -2.31. The van der Waals surface area contributed by atoms with Crippen molar-refractivity contribution < 1.29 is 19.1 Å².